The van der Waals surface area contributed by atoms with Crippen molar-refractivity contribution in [2.45, 2.75) is 32.6 Å². The average Bonchev–Trinajstić information content (AvgIpc) is 2.42. The molecule has 1 unspecified atom stereocenters. The van der Waals surface area contributed by atoms with Gasteiger partial charge in [0.05, 0.1) is 0 Å². The molecule has 0 heterocycles. The van der Waals surface area contributed by atoms with Gasteiger partial charge in [-0.05, 0) is 57.1 Å². The molecule has 106 valence electrons. The molecule has 0 radical (unpaired) electrons. The smallest absolute Gasteiger partial charge is 0.251 e. The summed E-state index contributed by atoms with van der Waals surface area (Å²) in [7, 11) is 4.07. The first kappa shape index (κ1) is 15.7. The molecule has 1 amide bonds. The summed E-state index contributed by atoms with van der Waals surface area (Å²) in [5, 5.41) is 2.95. The fraction of sp³-hybridized carbons (Fsp3) is 0.562. The zero-order chi connectivity index (χ0) is 14.3. The van der Waals surface area contributed by atoms with Crippen molar-refractivity contribution in [2.24, 2.45) is 0 Å². The molecule has 0 saturated carbocycles. The van der Waals surface area contributed by atoms with Gasteiger partial charge in [-0.25, -0.2) is 0 Å². The van der Waals surface area contributed by atoms with Crippen LogP contribution < -0.4 is 5.32 Å². The van der Waals surface area contributed by atoms with Crippen LogP contribution in [0.3, 0.4) is 0 Å². The van der Waals surface area contributed by atoms with Gasteiger partial charge in [0, 0.05) is 12.1 Å². The van der Waals surface area contributed by atoms with Gasteiger partial charge in [-0.15, -0.1) is 0 Å². The third-order valence-electron chi connectivity index (χ3n) is 3.42. The topological polar surface area (TPSA) is 32.3 Å². The second kappa shape index (κ2) is 7.95. The number of carbonyl (C=O) groups is 1. The van der Waals surface area contributed by atoms with E-state index in [-0.39, 0.29) is 5.91 Å². The molecule has 0 saturated heterocycles. The molecular weight excluding hydrogens is 236 g/mol. The maximum atomic E-state index is 11.9. The highest BCUT2D eigenvalue weighted by molar-refractivity contribution is 5.94. The van der Waals surface area contributed by atoms with Crippen LogP contribution in [0.4, 0.5) is 0 Å². The lowest BCUT2D eigenvalue weighted by Crippen LogP contribution is -2.27. The molecule has 1 N–H and O–H groups in total. The summed E-state index contributed by atoms with van der Waals surface area (Å²) in [5.41, 5.74) is 2.04. The molecule has 0 aliphatic heterocycles. The molecule has 0 aromatic heterocycles. The van der Waals surface area contributed by atoms with Crippen LogP contribution in [0.25, 0.3) is 0 Å². The fourth-order valence-electron chi connectivity index (χ4n) is 1.90. The van der Waals surface area contributed by atoms with Crippen molar-refractivity contribution >= 4 is 5.91 Å². The van der Waals surface area contributed by atoms with Gasteiger partial charge >= 0.3 is 0 Å². The number of amides is 1. The Labute approximate surface area is 117 Å². The lowest BCUT2D eigenvalue weighted by atomic mass is 9.97. The van der Waals surface area contributed by atoms with E-state index in [9.17, 15) is 4.79 Å². The van der Waals surface area contributed by atoms with E-state index >= 15 is 0 Å². The highest BCUT2D eigenvalue weighted by Gasteiger charge is 2.07. The predicted molar refractivity (Wildman–Crippen MR) is 80.7 cm³/mol. The average molecular weight is 262 g/mol. The Hall–Kier alpha value is -1.35. The Kier molecular flexibility index (Phi) is 6.57. The number of benzene rings is 1. The fourth-order valence-corrected chi connectivity index (χ4v) is 1.90. The zero-order valence-electron chi connectivity index (χ0n) is 12.6. The summed E-state index contributed by atoms with van der Waals surface area (Å²) < 4.78 is 0. The molecule has 0 spiro atoms. The molecule has 0 bridgehead atoms. The third-order valence-corrected chi connectivity index (χ3v) is 3.42. The number of hydrogen-bond acceptors (Lipinski definition) is 2. The van der Waals surface area contributed by atoms with Crippen LogP contribution in [0.5, 0.6) is 0 Å². The second-order valence-corrected chi connectivity index (χ2v) is 5.34. The van der Waals surface area contributed by atoms with Crippen molar-refractivity contribution in [1.82, 2.24) is 10.2 Å². The molecular formula is C16H26N2O. The highest BCUT2D eigenvalue weighted by Crippen LogP contribution is 2.18. The highest BCUT2D eigenvalue weighted by atomic mass is 16.1. The van der Waals surface area contributed by atoms with Crippen molar-refractivity contribution in [2.75, 3.05) is 27.2 Å². The minimum atomic E-state index is 0.0226. The van der Waals surface area contributed by atoms with Crippen molar-refractivity contribution in [3.05, 3.63) is 35.4 Å². The molecule has 3 heteroatoms. The zero-order valence-corrected chi connectivity index (χ0v) is 12.6. The maximum absolute atomic E-state index is 11.9. The van der Waals surface area contributed by atoms with Gasteiger partial charge in [0.25, 0.3) is 5.91 Å². The van der Waals surface area contributed by atoms with Crippen LogP contribution in [0.2, 0.25) is 0 Å². The summed E-state index contributed by atoms with van der Waals surface area (Å²) in [4.78, 5) is 14.0. The minimum Gasteiger partial charge on any atom is -0.352 e. The van der Waals surface area contributed by atoms with Gasteiger partial charge in [0.1, 0.15) is 0 Å². The minimum absolute atomic E-state index is 0.0226. The maximum Gasteiger partial charge on any atom is 0.251 e. The Morgan fingerprint density at radius 3 is 2.42 bits per heavy atom. The van der Waals surface area contributed by atoms with E-state index in [1.165, 1.54) is 5.56 Å². The van der Waals surface area contributed by atoms with Crippen LogP contribution in [0.1, 0.15) is 48.5 Å². The van der Waals surface area contributed by atoms with Crippen molar-refractivity contribution in [1.29, 1.82) is 0 Å². The van der Waals surface area contributed by atoms with E-state index in [1.807, 2.05) is 26.2 Å². The monoisotopic (exact) mass is 262 g/mol. The van der Waals surface area contributed by atoms with Crippen LogP contribution in [-0.2, 0) is 0 Å². The van der Waals surface area contributed by atoms with Gasteiger partial charge in [0.15, 0.2) is 0 Å². The lowest BCUT2D eigenvalue weighted by molar-refractivity contribution is 0.0952. The van der Waals surface area contributed by atoms with Crippen LogP contribution in [0.15, 0.2) is 24.3 Å². The van der Waals surface area contributed by atoms with Crippen LogP contribution in [-0.4, -0.2) is 38.0 Å². The first-order chi connectivity index (χ1) is 9.04. The van der Waals surface area contributed by atoms with Crippen molar-refractivity contribution < 1.29 is 4.79 Å². The molecule has 0 fully saturated rings. The van der Waals surface area contributed by atoms with Gasteiger partial charge < -0.3 is 10.2 Å². The van der Waals surface area contributed by atoms with Crippen molar-refractivity contribution in [3.63, 3.8) is 0 Å². The van der Waals surface area contributed by atoms with Gasteiger partial charge in [0.2, 0.25) is 0 Å². The molecule has 0 aliphatic carbocycles. The first-order valence-electron chi connectivity index (χ1n) is 7.07. The summed E-state index contributed by atoms with van der Waals surface area (Å²) in [6, 6.07) is 7.96. The van der Waals surface area contributed by atoms with E-state index < -0.39 is 0 Å². The molecule has 1 aromatic carbocycles. The van der Waals surface area contributed by atoms with Crippen molar-refractivity contribution in [3.8, 4) is 0 Å². The molecule has 0 aliphatic rings. The Morgan fingerprint density at radius 1 is 1.26 bits per heavy atom. The molecule has 1 aromatic rings. The van der Waals surface area contributed by atoms with Crippen LogP contribution in [0, 0.1) is 0 Å². The lowest BCUT2D eigenvalue weighted by Gasteiger charge is -2.11. The number of rotatable bonds is 7. The summed E-state index contributed by atoms with van der Waals surface area (Å²) in [6.45, 7) is 6.10. The second-order valence-electron chi connectivity index (χ2n) is 5.34. The Morgan fingerprint density at radius 2 is 1.89 bits per heavy atom. The Balaban J connectivity index is 2.44. The van der Waals surface area contributed by atoms with E-state index in [4.69, 9.17) is 0 Å². The molecule has 1 atom stereocenters. The van der Waals surface area contributed by atoms with Gasteiger partial charge in [-0.1, -0.05) is 26.0 Å². The predicted octanol–water partition coefficient (Wildman–Crippen LogP) is 2.88. The van der Waals surface area contributed by atoms with E-state index in [0.717, 1.165) is 31.5 Å². The Bertz CT molecular complexity index is 384. The summed E-state index contributed by atoms with van der Waals surface area (Å²) >= 11 is 0. The normalized spacial score (nSPS) is 12.5. The quantitative estimate of drug-likeness (QED) is 0.766. The van der Waals surface area contributed by atoms with E-state index in [2.05, 4.69) is 36.2 Å². The van der Waals surface area contributed by atoms with Crippen LogP contribution >= 0.6 is 0 Å². The number of hydrogen-bond donors (Lipinski definition) is 1. The number of nitrogens with one attached hydrogen (secondary N) is 1. The first-order valence-corrected chi connectivity index (χ1v) is 7.07. The van der Waals surface area contributed by atoms with E-state index in [1.54, 1.807) is 0 Å². The molecule has 1 rings (SSSR count). The van der Waals surface area contributed by atoms with Gasteiger partial charge in [-0.2, -0.15) is 0 Å². The number of nitrogens with zero attached hydrogens (tertiary/aromatic N) is 1. The standard InChI is InChI=1S/C16H26N2O/c1-5-13(2)14-7-9-15(10-8-14)16(19)17-11-6-12-18(3)4/h7-10,13H,5-6,11-12H2,1-4H3,(H,17,19). The number of carbonyl (C=O) groups excluding carboxylic acids is 1. The SMILES string of the molecule is CCC(C)c1ccc(C(=O)NCCCN(C)C)cc1. The summed E-state index contributed by atoms with van der Waals surface area (Å²) in [6.07, 6.45) is 2.10. The van der Waals surface area contributed by atoms with E-state index in [0.29, 0.717) is 5.92 Å². The molecule has 3 nitrogen and oxygen atoms in total. The third kappa shape index (κ3) is 5.43. The summed E-state index contributed by atoms with van der Waals surface area (Å²) in [5.74, 6) is 0.576. The molecule has 19 heavy (non-hydrogen) atoms. The largest absolute Gasteiger partial charge is 0.352 e. The van der Waals surface area contributed by atoms with Gasteiger partial charge in [-0.3, -0.25) is 4.79 Å².